The highest BCUT2D eigenvalue weighted by molar-refractivity contribution is 6.54. The van der Waals surface area contributed by atoms with Gasteiger partial charge in [-0.25, -0.2) is 23.1 Å². The van der Waals surface area contributed by atoms with E-state index in [2.05, 4.69) is 20.6 Å². The maximum absolute atomic E-state index is 14.5. The van der Waals surface area contributed by atoms with Crippen LogP contribution in [0.1, 0.15) is 24.5 Å². The zero-order valence-corrected chi connectivity index (χ0v) is 19.3. The minimum Gasteiger partial charge on any atom is -0.393 e. The van der Waals surface area contributed by atoms with Crippen LogP contribution in [0.5, 0.6) is 0 Å². The maximum atomic E-state index is 14.5. The first-order valence-corrected chi connectivity index (χ1v) is 10.9. The first-order valence-electron chi connectivity index (χ1n) is 10.9. The van der Waals surface area contributed by atoms with Crippen LogP contribution < -0.4 is 10.6 Å². The summed E-state index contributed by atoms with van der Waals surface area (Å²) in [5.41, 5.74) is -1.24. The molecule has 0 radical (unpaired) electrons. The smallest absolute Gasteiger partial charge is 0.393 e. The van der Waals surface area contributed by atoms with E-state index >= 15 is 0 Å². The number of halogens is 6. The molecule has 0 aliphatic carbocycles. The van der Waals surface area contributed by atoms with Gasteiger partial charge < -0.3 is 15.5 Å². The molecule has 2 heterocycles. The Morgan fingerprint density at radius 3 is 2.39 bits per heavy atom. The Hall–Kier alpha value is -3.64. The number of hydrogen-bond acceptors (Lipinski definition) is 6. The van der Waals surface area contributed by atoms with Gasteiger partial charge in [0.05, 0.1) is 18.2 Å². The van der Waals surface area contributed by atoms with Crippen LogP contribution in [0, 0.1) is 17.1 Å². The fourth-order valence-electron chi connectivity index (χ4n) is 3.97. The molecule has 13 heteroatoms. The molecule has 1 saturated heterocycles. The third-order valence-corrected chi connectivity index (χ3v) is 5.72. The molecule has 1 aliphatic heterocycles. The van der Waals surface area contributed by atoms with Crippen LogP contribution in [-0.2, 0) is 11.0 Å². The molecule has 1 fully saturated rings. The SMILES string of the molecule is CN/C=C(\C(=N)C(=O)N1CC(F)(F)C[C@@H](C)C1CNc1ncc(C(F)(F)F)cn1)c1ccc(F)cc1. The van der Waals surface area contributed by atoms with E-state index in [1.165, 1.54) is 32.3 Å². The standard InChI is InChI=1S/C23H24F6N6O/c1-13-7-22(25,26)12-35(18(13)11-34-21-32-8-15(9-33-21)23(27,28)29)20(36)19(30)17(10-31-2)14-3-5-16(24)6-4-14/h3-6,8-10,13,18,30-31H,7,11-12H2,1-2H3,(H,32,33,34)/b17-10-,30-19?/t13-,18?/m1/s1. The molecule has 0 bridgehead atoms. The van der Waals surface area contributed by atoms with Gasteiger partial charge in [-0.1, -0.05) is 19.1 Å². The molecule has 36 heavy (non-hydrogen) atoms. The average molecular weight is 514 g/mol. The quantitative estimate of drug-likeness (QED) is 0.381. The number of rotatable bonds is 7. The first-order chi connectivity index (χ1) is 16.8. The molecular weight excluding hydrogens is 490 g/mol. The Bertz CT molecular complexity index is 1120. The molecule has 0 saturated carbocycles. The van der Waals surface area contributed by atoms with Crippen LogP contribution in [0.4, 0.5) is 32.3 Å². The summed E-state index contributed by atoms with van der Waals surface area (Å²) in [6, 6.07) is 4.16. The number of anilines is 1. The number of nitrogens with zero attached hydrogens (tertiary/aromatic N) is 3. The van der Waals surface area contributed by atoms with E-state index < -0.39 is 60.0 Å². The second kappa shape index (κ2) is 10.5. The van der Waals surface area contributed by atoms with E-state index in [1.807, 2.05) is 0 Å². The van der Waals surface area contributed by atoms with Crippen molar-refractivity contribution in [3.8, 4) is 0 Å². The lowest BCUT2D eigenvalue weighted by atomic mass is 9.87. The van der Waals surface area contributed by atoms with Crippen molar-refractivity contribution in [2.45, 2.75) is 31.5 Å². The molecule has 1 amide bonds. The van der Waals surface area contributed by atoms with Crippen molar-refractivity contribution >= 4 is 23.1 Å². The molecule has 7 nitrogen and oxygen atoms in total. The number of alkyl halides is 5. The number of nitrogens with one attached hydrogen (secondary N) is 3. The molecule has 1 aromatic heterocycles. The van der Waals surface area contributed by atoms with Gasteiger partial charge in [-0.05, 0) is 23.6 Å². The predicted molar refractivity (Wildman–Crippen MR) is 121 cm³/mol. The molecule has 3 N–H and O–H groups in total. The molecule has 2 aromatic rings. The normalized spacial score (nSPS) is 20.1. The van der Waals surface area contributed by atoms with Crippen molar-refractivity contribution < 1.29 is 31.1 Å². The molecule has 0 spiro atoms. The summed E-state index contributed by atoms with van der Waals surface area (Å²) in [6.45, 7) is 0.430. The summed E-state index contributed by atoms with van der Waals surface area (Å²) in [5.74, 6) is -5.61. The minimum atomic E-state index is -4.62. The molecular formula is C23H24F6N6O. The predicted octanol–water partition coefficient (Wildman–Crippen LogP) is 4.20. The Labute approximate surface area is 203 Å². The third kappa shape index (κ3) is 6.32. The van der Waals surface area contributed by atoms with Gasteiger partial charge in [0.25, 0.3) is 11.8 Å². The Morgan fingerprint density at radius 2 is 1.83 bits per heavy atom. The van der Waals surface area contributed by atoms with Gasteiger partial charge in [0.2, 0.25) is 5.95 Å². The van der Waals surface area contributed by atoms with E-state index in [9.17, 15) is 31.1 Å². The van der Waals surface area contributed by atoms with E-state index in [1.54, 1.807) is 0 Å². The molecule has 194 valence electrons. The highest BCUT2D eigenvalue weighted by Gasteiger charge is 2.46. The number of hydrogen-bond donors (Lipinski definition) is 3. The van der Waals surface area contributed by atoms with Crippen molar-refractivity contribution in [2.24, 2.45) is 5.92 Å². The molecule has 1 aliphatic rings. The average Bonchev–Trinajstić information content (AvgIpc) is 2.80. The molecule has 3 rings (SSSR count). The largest absolute Gasteiger partial charge is 0.419 e. The summed E-state index contributed by atoms with van der Waals surface area (Å²) >= 11 is 0. The molecule has 1 unspecified atom stereocenters. The zero-order valence-electron chi connectivity index (χ0n) is 19.3. The van der Waals surface area contributed by atoms with Crippen LogP contribution in [0.25, 0.3) is 5.57 Å². The fraction of sp³-hybridized carbons (Fsp3) is 0.391. The fourth-order valence-corrected chi connectivity index (χ4v) is 3.97. The van der Waals surface area contributed by atoms with Gasteiger partial charge in [0, 0.05) is 44.2 Å². The van der Waals surface area contributed by atoms with Gasteiger partial charge in [-0.2, -0.15) is 13.2 Å². The van der Waals surface area contributed by atoms with E-state index in [0.717, 1.165) is 17.0 Å². The van der Waals surface area contributed by atoms with Crippen molar-refractivity contribution in [1.29, 1.82) is 5.41 Å². The summed E-state index contributed by atoms with van der Waals surface area (Å²) in [7, 11) is 1.52. The summed E-state index contributed by atoms with van der Waals surface area (Å²) in [5, 5.41) is 13.8. The van der Waals surface area contributed by atoms with Gasteiger partial charge in [0.1, 0.15) is 11.5 Å². The highest BCUT2D eigenvalue weighted by Crippen LogP contribution is 2.35. The Kier molecular flexibility index (Phi) is 7.89. The van der Waals surface area contributed by atoms with Crippen molar-refractivity contribution in [2.75, 3.05) is 25.5 Å². The van der Waals surface area contributed by atoms with Gasteiger partial charge in [-0.15, -0.1) is 0 Å². The van der Waals surface area contributed by atoms with Crippen LogP contribution in [-0.4, -0.2) is 58.6 Å². The van der Waals surface area contributed by atoms with E-state index in [4.69, 9.17) is 5.41 Å². The Morgan fingerprint density at radius 1 is 1.22 bits per heavy atom. The van der Waals surface area contributed by atoms with Crippen LogP contribution >= 0.6 is 0 Å². The minimum absolute atomic E-state index is 0.0711. The van der Waals surface area contributed by atoms with Gasteiger partial charge in [-0.3, -0.25) is 10.2 Å². The number of benzene rings is 1. The second-order valence-electron chi connectivity index (χ2n) is 8.44. The number of aromatic nitrogens is 2. The monoisotopic (exact) mass is 514 g/mol. The summed E-state index contributed by atoms with van der Waals surface area (Å²) < 4.78 is 80.5. The number of piperidine rings is 1. The molecule has 2 atom stereocenters. The summed E-state index contributed by atoms with van der Waals surface area (Å²) in [4.78, 5) is 21.4. The first kappa shape index (κ1) is 27.0. The zero-order chi connectivity index (χ0) is 26.7. The number of amides is 1. The van der Waals surface area contributed by atoms with Crippen LogP contribution in [0.2, 0.25) is 0 Å². The van der Waals surface area contributed by atoms with Crippen molar-refractivity contribution in [1.82, 2.24) is 20.2 Å². The second-order valence-corrected chi connectivity index (χ2v) is 8.44. The lowest BCUT2D eigenvalue weighted by Crippen LogP contribution is -2.58. The van der Waals surface area contributed by atoms with Crippen LogP contribution in [0.3, 0.4) is 0 Å². The number of carbonyl (C=O) groups excluding carboxylic acids is 1. The third-order valence-electron chi connectivity index (χ3n) is 5.72. The van der Waals surface area contributed by atoms with Gasteiger partial charge in [0.15, 0.2) is 0 Å². The molecule has 1 aromatic carbocycles. The van der Waals surface area contributed by atoms with Crippen molar-refractivity contribution in [3.63, 3.8) is 0 Å². The van der Waals surface area contributed by atoms with Gasteiger partial charge >= 0.3 is 6.18 Å². The maximum Gasteiger partial charge on any atom is 0.419 e. The lowest BCUT2D eigenvalue weighted by molar-refractivity contribution is -0.145. The number of carbonyl (C=O) groups is 1. The highest BCUT2D eigenvalue weighted by atomic mass is 19.4. The van der Waals surface area contributed by atoms with E-state index in [0.29, 0.717) is 18.0 Å². The van der Waals surface area contributed by atoms with Crippen LogP contribution in [0.15, 0.2) is 42.9 Å². The van der Waals surface area contributed by atoms with E-state index in [-0.39, 0.29) is 18.1 Å². The topological polar surface area (TPSA) is 94.0 Å². The number of likely N-dealkylation sites (tertiary alicyclic amines) is 1. The Balaban J connectivity index is 1.84. The lowest BCUT2D eigenvalue weighted by Gasteiger charge is -2.43. The van der Waals surface area contributed by atoms with Crippen molar-refractivity contribution in [3.05, 3.63) is 59.8 Å². The summed E-state index contributed by atoms with van der Waals surface area (Å²) in [6.07, 6.45) is -2.63.